The highest BCUT2D eigenvalue weighted by atomic mass is 16.5. The first-order chi connectivity index (χ1) is 10.7. The van der Waals surface area contributed by atoms with Gasteiger partial charge in [-0.3, -0.25) is 0 Å². The van der Waals surface area contributed by atoms with Crippen molar-refractivity contribution in [3.05, 3.63) is 35.9 Å². The molecule has 1 atom stereocenters. The quantitative estimate of drug-likeness (QED) is 0.776. The second-order valence-corrected chi connectivity index (χ2v) is 6.28. The summed E-state index contributed by atoms with van der Waals surface area (Å²) in [5, 5.41) is 16.8. The van der Waals surface area contributed by atoms with Crippen molar-refractivity contribution in [1.29, 1.82) is 0 Å². The minimum atomic E-state index is -0.964. The van der Waals surface area contributed by atoms with E-state index in [4.69, 9.17) is 4.74 Å². The standard InChI is InChI=1S/C17H24N2O3/c20-16(19-15-8-10-22-11-9-15)18-12-17(21,14-6-7-14)13-4-2-1-3-5-13/h1-5,14-15,21H,6-12H2,(H2,18,19,20)/t17-/m0/s1. The van der Waals surface area contributed by atoms with Crippen molar-refractivity contribution in [2.75, 3.05) is 19.8 Å². The number of urea groups is 1. The maximum absolute atomic E-state index is 12.1. The topological polar surface area (TPSA) is 70.6 Å². The molecule has 0 spiro atoms. The Labute approximate surface area is 131 Å². The van der Waals surface area contributed by atoms with Gasteiger partial charge in [-0.2, -0.15) is 0 Å². The van der Waals surface area contributed by atoms with Gasteiger partial charge in [-0.1, -0.05) is 30.3 Å². The minimum Gasteiger partial charge on any atom is -0.383 e. The van der Waals surface area contributed by atoms with Gasteiger partial charge in [0.1, 0.15) is 5.60 Å². The van der Waals surface area contributed by atoms with Gasteiger partial charge in [-0.05, 0) is 37.2 Å². The lowest BCUT2D eigenvalue weighted by Crippen LogP contribution is -2.49. The van der Waals surface area contributed by atoms with Crippen LogP contribution in [-0.4, -0.2) is 36.9 Å². The van der Waals surface area contributed by atoms with E-state index < -0.39 is 5.60 Å². The Balaban J connectivity index is 1.56. The fraction of sp³-hybridized carbons (Fsp3) is 0.588. The number of amides is 2. The van der Waals surface area contributed by atoms with Gasteiger partial charge in [-0.25, -0.2) is 4.79 Å². The SMILES string of the molecule is O=C(NC[C@](O)(c1ccccc1)C1CC1)NC1CCOCC1. The van der Waals surface area contributed by atoms with Gasteiger partial charge in [-0.15, -0.1) is 0 Å². The van der Waals surface area contributed by atoms with Crippen LogP contribution < -0.4 is 10.6 Å². The number of nitrogens with one attached hydrogen (secondary N) is 2. The summed E-state index contributed by atoms with van der Waals surface area (Å²) in [5.74, 6) is 0.235. The summed E-state index contributed by atoms with van der Waals surface area (Å²) in [6, 6.07) is 9.59. The largest absolute Gasteiger partial charge is 0.383 e. The predicted molar refractivity (Wildman–Crippen MR) is 83.4 cm³/mol. The summed E-state index contributed by atoms with van der Waals surface area (Å²) in [7, 11) is 0. The van der Waals surface area contributed by atoms with E-state index in [1.807, 2.05) is 30.3 Å². The summed E-state index contributed by atoms with van der Waals surface area (Å²) in [4.78, 5) is 12.1. The average molecular weight is 304 g/mol. The molecule has 22 heavy (non-hydrogen) atoms. The second-order valence-electron chi connectivity index (χ2n) is 6.28. The van der Waals surface area contributed by atoms with Gasteiger partial charge < -0.3 is 20.5 Å². The Morgan fingerprint density at radius 3 is 2.50 bits per heavy atom. The van der Waals surface area contributed by atoms with E-state index in [0.29, 0.717) is 13.2 Å². The van der Waals surface area contributed by atoms with Crippen LogP contribution in [0.1, 0.15) is 31.2 Å². The molecule has 1 saturated heterocycles. The first-order valence-corrected chi connectivity index (χ1v) is 8.08. The van der Waals surface area contributed by atoms with E-state index in [1.165, 1.54) is 0 Å². The van der Waals surface area contributed by atoms with Crippen LogP contribution in [0.2, 0.25) is 0 Å². The van der Waals surface area contributed by atoms with E-state index in [-0.39, 0.29) is 24.5 Å². The Morgan fingerprint density at radius 2 is 1.86 bits per heavy atom. The summed E-state index contributed by atoms with van der Waals surface area (Å²) in [6.45, 7) is 1.64. The van der Waals surface area contributed by atoms with Crippen LogP contribution in [0.4, 0.5) is 4.79 Å². The van der Waals surface area contributed by atoms with Gasteiger partial charge >= 0.3 is 6.03 Å². The third-order valence-electron chi connectivity index (χ3n) is 4.60. The zero-order valence-corrected chi connectivity index (χ0v) is 12.8. The van der Waals surface area contributed by atoms with E-state index in [0.717, 1.165) is 31.2 Å². The zero-order valence-electron chi connectivity index (χ0n) is 12.8. The lowest BCUT2D eigenvalue weighted by molar-refractivity contribution is 0.0156. The average Bonchev–Trinajstić information content (AvgIpc) is 3.40. The zero-order chi connectivity index (χ0) is 15.4. The lowest BCUT2D eigenvalue weighted by atomic mass is 9.89. The first-order valence-electron chi connectivity index (χ1n) is 8.08. The van der Waals surface area contributed by atoms with Gasteiger partial charge in [0.2, 0.25) is 0 Å². The summed E-state index contributed by atoms with van der Waals surface area (Å²) < 4.78 is 5.28. The van der Waals surface area contributed by atoms with Crippen LogP contribution in [0, 0.1) is 5.92 Å². The fourth-order valence-electron chi connectivity index (χ4n) is 3.06. The smallest absolute Gasteiger partial charge is 0.315 e. The van der Waals surface area contributed by atoms with E-state index in [9.17, 15) is 9.90 Å². The molecule has 3 N–H and O–H groups in total. The third kappa shape index (κ3) is 3.59. The maximum atomic E-state index is 12.1. The summed E-state index contributed by atoms with van der Waals surface area (Å²) >= 11 is 0. The van der Waals surface area contributed by atoms with Crippen molar-refractivity contribution in [2.45, 2.75) is 37.3 Å². The maximum Gasteiger partial charge on any atom is 0.315 e. The molecule has 1 aliphatic carbocycles. The number of benzene rings is 1. The van der Waals surface area contributed by atoms with Gasteiger partial charge in [0.05, 0.1) is 6.54 Å². The Kier molecular flexibility index (Phi) is 4.64. The number of aliphatic hydroxyl groups is 1. The van der Waals surface area contributed by atoms with Crippen molar-refractivity contribution in [3.63, 3.8) is 0 Å². The van der Waals surface area contributed by atoms with Crippen molar-refractivity contribution in [3.8, 4) is 0 Å². The highest BCUT2D eigenvalue weighted by Gasteiger charge is 2.45. The van der Waals surface area contributed by atoms with Crippen LogP contribution in [0.15, 0.2) is 30.3 Å². The van der Waals surface area contributed by atoms with E-state index in [2.05, 4.69) is 10.6 Å². The molecular formula is C17H24N2O3. The monoisotopic (exact) mass is 304 g/mol. The second kappa shape index (κ2) is 6.67. The molecule has 2 aliphatic rings. The predicted octanol–water partition coefficient (Wildman–Crippen LogP) is 1.76. The molecule has 2 amide bonds. The molecule has 0 unspecified atom stereocenters. The van der Waals surface area contributed by atoms with Crippen LogP contribution in [0.3, 0.4) is 0 Å². The Bertz CT molecular complexity index is 498. The van der Waals surface area contributed by atoms with Crippen LogP contribution in [-0.2, 0) is 10.3 Å². The Hall–Kier alpha value is -1.59. The van der Waals surface area contributed by atoms with Crippen molar-refractivity contribution < 1.29 is 14.6 Å². The van der Waals surface area contributed by atoms with Crippen molar-refractivity contribution in [1.82, 2.24) is 10.6 Å². The molecule has 1 saturated carbocycles. The molecule has 1 aromatic rings. The summed E-state index contributed by atoms with van der Waals surface area (Å²) in [6.07, 6.45) is 3.71. The normalized spacial score (nSPS) is 21.9. The van der Waals surface area contributed by atoms with Crippen LogP contribution in [0.5, 0.6) is 0 Å². The van der Waals surface area contributed by atoms with E-state index in [1.54, 1.807) is 0 Å². The van der Waals surface area contributed by atoms with Gasteiger partial charge in [0.15, 0.2) is 0 Å². The van der Waals surface area contributed by atoms with Crippen molar-refractivity contribution >= 4 is 6.03 Å². The Morgan fingerprint density at radius 1 is 1.18 bits per heavy atom. The highest BCUT2D eigenvalue weighted by Crippen LogP contribution is 2.45. The molecule has 3 rings (SSSR count). The number of rotatable bonds is 5. The molecule has 1 aromatic carbocycles. The molecule has 0 aromatic heterocycles. The molecular weight excluding hydrogens is 280 g/mol. The van der Waals surface area contributed by atoms with Gasteiger partial charge in [0.25, 0.3) is 0 Å². The van der Waals surface area contributed by atoms with Crippen LogP contribution >= 0.6 is 0 Å². The molecule has 0 bridgehead atoms. The molecule has 5 heteroatoms. The first kappa shape index (κ1) is 15.3. The third-order valence-corrected chi connectivity index (χ3v) is 4.60. The molecule has 1 heterocycles. The number of hydrogen-bond acceptors (Lipinski definition) is 3. The highest BCUT2D eigenvalue weighted by molar-refractivity contribution is 5.74. The molecule has 0 radical (unpaired) electrons. The molecule has 1 aliphatic heterocycles. The number of carbonyl (C=O) groups excluding carboxylic acids is 1. The van der Waals surface area contributed by atoms with Crippen molar-refractivity contribution in [2.24, 2.45) is 5.92 Å². The number of ether oxygens (including phenoxy) is 1. The molecule has 2 fully saturated rings. The van der Waals surface area contributed by atoms with E-state index >= 15 is 0 Å². The molecule has 5 nitrogen and oxygen atoms in total. The van der Waals surface area contributed by atoms with Crippen LogP contribution in [0.25, 0.3) is 0 Å². The molecule has 120 valence electrons. The number of hydrogen-bond donors (Lipinski definition) is 3. The minimum absolute atomic E-state index is 0.166. The van der Waals surface area contributed by atoms with Gasteiger partial charge in [0, 0.05) is 19.3 Å². The summed E-state index contributed by atoms with van der Waals surface area (Å²) in [5.41, 5.74) is -0.0854. The lowest BCUT2D eigenvalue weighted by Gasteiger charge is -2.30. The fourth-order valence-corrected chi connectivity index (χ4v) is 3.06. The number of carbonyl (C=O) groups is 1.